The predicted molar refractivity (Wildman–Crippen MR) is 107 cm³/mol. The number of nitrogens with zero attached hydrogens (tertiary/aromatic N) is 2. The van der Waals surface area contributed by atoms with E-state index >= 15 is 0 Å². The second-order valence-electron chi connectivity index (χ2n) is 7.82. The molecule has 1 aromatic heterocycles. The molecule has 3 rings (SSSR count). The Morgan fingerprint density at radius 3 is 1.73 bits per heavy atom. The summed E-state index contributed by atoms with van der Waals surface area (Å²) in [7, 11) is 0. The molecule has 0 N–H and O–H groups in total. The second-order valence-corrected chi connectivity index (χ2v) is 7.82. The molecule has 0 radical (unpaired) electrons. The van der Waals surface area contributed by atoms with Crippen molar-refractivity contribution in [1.29, 1.82) is 0 Å². The van der Waals surface area contributed by atoms with Crippen molar-refractivity contribution in [3.63, 3.8) is 0 Å². The van der Waals surface area contributed by atoms with Gasteiger partial charge in [-0.3, -0.25) is 0 Å². The quantitative estimate of drug-likeness (QED) is 0.510. The molecule has 0 bridgehead atoms. The Balaban J connectivity index is 2.19. The molecule has 0 aliphatic carbocycles. The minimum absolute atomic E-state index is 0.383. The Morgan fingerprint density at radius 1 is 0.692 bits per heavy atom. The van der Waals surface area contributed by atoms with Gasteiger partial charge < -0.3 is 4.42 Å². The van der Waals surface area contributed by atoms with Crippen LogP contribution in [0.25, 0.3) is 22.9 Å². The Labute approximate surface area is 156 Å². The Bertz CT molecular complexity index is 847. The molecule has 0 saturated carbocycles. The predicted octanol–water partition coefficient (Wildman–Crippen LogP) is 6.77. The summed E-state index contributed by atoms with van der Waals surface area (Å²) in [4.78, 5) is 0. The van der Waals surface area contributed by atoms with E-state index in [4.69, 9.17) is 4.42 Å². The maximum atomic E-state index is 6.12. The third-order valence-electron chi connectivity index (χ3n) is 4.79. The molecule has 0 fully saturated rings. The minimum Gasteiger partial charge on any atom is -0.416 e. The summed E-state index contributed by atoms with van der Waals surface area (Å²) in [5.74, 6) is 2.44. The van der Waals surface area contributed by atoms with Crippen molar-refractivity contribution < 1.29 is 4.42 Å². The molecule has 136 valence electrons. The maximum absolute atomic E-state index is 6.12. The highest BCUT2D eigenvalue weighted by atomic mass is 16.4. The average Bonchev–Trinajstić information content (AvgIpc) is 3.10. The van der Waals surface area contributed by atoms with Gasteiger partial charge in [-0.2, -0.15) is 0 Å². The fourth-order valence-corrected chi connectivity index (χ4v) is 3.22. The average molecular weight is 348 g/mol. The molecule has 26 heavy (non-hydrogen) atoms. The van der Waals surface area contributed by atoms with Crippen LogP contribution in [0, 0.1) is 0 Å². The molecule has 3 aromatic rings. The monoisotopic (exact) mass is 348 g/mol. The van der Waals surface area contributed by atoms with E-state index < -0.39 is 0 Å². The lowest BCUT2D eigenvalue weighted by Gasteiger charge is -2.20. The van der Waals surface area contributed by atoms with Crippen molar-refractivity contribution in [2.45, 2.75) is 59.3 Å². The van der Waals surface area contributed by atoms with Crippen LogP contribution in [-0.4, -0.2) is 10.2 Å². The smallest absolute Gasteiger partial charge is 0.248 e. The molecule has 0 saturated heterocycles. The highest BCUT2D eigenvalue weighted by Crippen LogP contribution is 2.38. The van der Waals surface area contributed by atoms with Crippen LogP contribution in [-0.2, 0) is 0 Å². The van der Waals surface area contributed by atoms with Gasteiger partial charge in [-0.1, -0.05) is 71.9 Å². The summed E-state index contributed by atoms with van der Waals surface area (Å²) in [6, 6.07) is 14.5. The van der Waals surface area contributed by atoms with Crippen molar-refractivity contribution >= 4 is 0 Å². The summed E-state index contributed by atoms with van der Waals surface area (Å²) >= 11 is 0. The molecule has 0 atom stereocenters. The standard InChI is InChI=1S/C23H28N2O/c1-14(2)18-12-19(15(3)4)21(20(13-18)16(5)6)23-25-24-22(26-23)17-10-8-7-9-11-17/h7-16H,1-6H3. The Hall–Kier alpha value is -2.42. The van der Waals surface area contributed by atoms with Crippen molar-refractivity contribution in [3.05, 3.63) is 59.2 Å². The van der Waals surface area contributed by atoms with E-state index in [0.29, 0.717) is 29.5 Å². The molecular weight excluding hydrogens is 320 g/mol. The van der Waals surface area contributed by atoms with Crippen molar-refractivity contribution in [2.75, 3.05) is 0 Å². The molecule has 0 amide bonds. The molecule has 0 spiro atoms. The lowest BCUT2D eigenvalue weighted by molar-refractivity contribution is 0.581. The van der Waals surface area contributed by atoms with Crippen LogP contribution in [0.2, 0.25) is 0 Å². The summed E-state index contributed by atoms with van der Waals surface area (Å²) in [6.45, 7) is 13.4. The van der Waals surface area contributed by atoms with Gasteiger partial charge in [0, 0.05) is 11.1 Å². The van der Waals surface area contributed by atoms with E-state index in [9.17, 15) is 0 Å². The van der Waals surface area contributed by atoms with Gasteiger partial charge in [-0.25, -0.2) is 0 Å². The molecule has 0 aliphatic rings. The van der Waals surface area contributed by atoms with Crippen LogP contribution < -0.4 is 0 Å². The first-order valence-electron chi connectivity index (χ1n) is 9.45. The van der Waals surface area contributed by atoms with Crippen molar-refractivity contribution in [3.8, 4) is 22.9 Å². The summed E-state index contributed by atoms with van der Waals surface area (Å²) < 4.78 is 6.12. The maximum Gasteiger partial charge on any atom is 0.248 e. The molecule has 0 unspecified atom stereocenters. The topological polar surface area (TPSA) is 38.9 Å². The first-order valence-corrected chi connectivity index (χ1v) is 9.45. The number of benzene rings is 2. The highest BCUT2D eigenvalue weighted by molar-refractivity contribution is 5.68. The van der Waals surface area contributed by atoms with Gasteiger partial charge in [0.1, 0.15) is 0 Å². The number of rotatable bonds is 5. The van der Waals surface area contributed by atoms with Crippen LogP contribution in [0.15, 0.2) is 46.9 Å². The summed E-state index contributed by atoms with van der Waals surface area (Å²) in [6.07, 6.45) is 0. The van der Waals surface area contributed by atoms with E-state index in [-0.39, 0.29) is 0 Å². The van der Waals surface area contributed by atoms with Crippen molar-refractivity contribution in [2.24, 2.45) is 0 Å². The summed E-state index contributed by atoms with van der Waals surface area (Å²) in [5, 5.41) is 8.71. The van der Waals surface area contributed by atoms with E-state index in [1.165, 1.54) is 16.7 Å². The normalized spacial score (nSPS) is 11.7. The Morgan fingerprint density at radius 2 is 1.23 bits per heavy atom. The molecule has 2 aromatic carbocycles. The molecule has 3 heteroatoms. The van der Waals surface area contributed by atoms with Crippen LogP contribution in [0.5, 0.6) is 0 Å². The zero-order valence-electron chi connectivity index (χ0n) is 16.6. The number of aromatic nitrogens is 2. The van der Waals surface area contributed by atoms with E-state index in [0.717, 1.165) is 11.1 Å². The van der Waals surface area contributed by atoms with E-state index in [2.05, 4.69) is 63.9 Å². The third kappa shape index (κ3) is 3.57. The fourth-order valence-electron chi connectivity index (χ4n) is 3.22. The molecule has 1 heterocycles. The van der Waals surface area contributed by atoms with Crippen LogP contribution in [0.3, 0.4) is 0 Å². The first kappa shape index (κ1) is 18.4. The van der Waals surface area contributed by atoms with Crippen LogP contribution >= 0.6 is 0 Å². The van der Waals surface area contributed by atoms with Gasteiger partial charge in [0.2, 0.25) is 11.8 Å². The third-order valence-corrected chi connectivity index (χ3v) is 4.79. The van der Waals surface area contributed by atoms with Gasteiger partial charge in [0.25, 0.3) is 0 Å². The van der Waals surface area contributed by atoms with Gasteiger partial charge >= 0.3 is 0 Å². The lowest BCUT2D eigenvalue weighted by atomic mass is 9.84. The van der Waals surface area contributed by atoms with Gasteiger partial charge in [-0.05, 0) is 46.6 Å². The molecule has 0 aliphatic heterocycles. The van der Waals surface area contributed by atoms with Crippen molar-refractivity contribution in [1.82, 2.24) is 10.2 Å². The lowest BCUT2D eigenvalue weighted by Crippen LogP contribution is -2.03. The van der Waals surface area contributed by atoms with Gasteiger partial charge in [0.15, 0.2) is 0 Å². The summed E-state index contributed by atoms with van der Waals surface area (Å²) in [5.41, 5.74) is 5.98. The van der Waals surface area contributed by atoms with Crippen LogP contribution in [0.1, 0.15) is 76.0 Å². The molecule has 3 nitrogen and oxygen atoms in total. The number of hydrogen-bond donors (Lipinski definition) is 0. The van der Waals surface area contributed by atoms with E-state index in [1.54, 1.807) is 0 Å². The highest BCUT2D eigenvalue weighted by Gasteiger charge is 2.22. The zero-order valence-corrected chi connectivity index (χ0v) is 16.6. The van der Waals surface area contributed by atoms with Gasteiger partial charge in [-0.15, -0.1) is 10.2 Å². The largest absolute Gasteiger partial charge is 0.416 e. The van der Waals surface area contributed by atoms with Crippen LogP contribution in [0.4, 0.5) is 0 Å². The van der Waals surface area contributed by atoms with E-state index in [1.807, 2.05) is 30.3 Å². The Kier molecular flexibility index (Phi) is 5.26. The first-order chi connectivity index (χ1) is 12.4. The second kappa shape index (κ2) is 7.45. The fraction of sp³-hybridized carbons (Fsp3) is 0.391. The van der Waals surface area contributed by atoms with Gasteiger partial charge in [0.05, 0.1) is 0 Å². The number of hydrogen-bond acceptors (Lipinski definition) is 3. The minimum atomic E-state index is 0.383. The zero-order chi connectivity index (χ0) is 18.8. The molecular formula is C23H28N2O. The SMILES string of the molecule is CC(C)c1cc(C(C)C)c(-c2nnc(-c3ccccc3)o2)c(C(C)C)c1.